The summed E-state index contributed by atoms with van der Waals surface area (Å²) >= 11 is 0. The van der Waals surface area contributed by atoms with Crippen LogP contribution < -0.4 is 5.32 Å². The van der Waals surface area contributed by atoms with Gasteiger partial charge in [0, 0.05) is 5.54 Å². The SMILES string of the molecule is C[C@@]1(Cc2cccc3ccccc23)CCCN1. The molecule has 0 aliphatic carbocycles. The lowest BCUT2D eigenvalue weighted by Crippen LogP contribution is -2.38. The third kappa shape index (κ3) is 2.07. The molecule has 0 bridgehead atoms. The molecule has 0 radical (unpaired) electrons. The highest BCUT2D eigenvalue weighted by molar-refractivity contribution is 5.85. The van der Waals surface area contributed by atoms with Gasteiger partial charge in [0.15, 0.2) is 0 Å². The normalized spacial score (nSPS) is 24.3. The minimum Gasteiger partial charge on any atom is -0.311 e. The molecule has 17 heavy (non-hydrogen) atoms. The Hall–Kier alpha value is -1.34. The van der Waals surface area contributed by atoms with E-state index < -0.39 is 0 Å². The summed E-state index contributed by atoms with van der Waals surface area (Å²) in [6.45, 7) is 3.52. The lowest BCUT2D eigenvalue weighted by atomic mass is 9.89. The fourth-order valence-corrected chi connectivity index (χ4v) is 2.97. The minimum atomic E-state index is 0.296. The summed E-state index contributed by atoms with van der Waals surface area (Å²) in [7, 11) is 0. The van der Waals surface area contributed by atoms with Crippen molar-refractivity contribution >= 4 is 10.8 Å². The van der Waals surface area contributed by atoms with Crippen LogP contribution in [0.25, 0.3) is 10.8 Å². The van der Waals surface area contributed by atoms with E-state index in [1.165, 1.54) is 35.7 Å². The molecule has 88 valence electrons. The first-order chi connectivity index (χ1) is 8.27. The van der Waals surface area contributed by atoms with E-state index in [-0.39, 0.29) is 0 Å². The van der Waals surface area contributed by atoms with Gasteiger partial charge >= 0.3 is 0 Å². The van der Waals surface area contributed by atoms with E-state index >= 15 is 0 Å². The van der Waals surface area contributed by atoms with E-state index in [2.05, 4.69) is 54.7 Å². The van der Waals surface area contributed by atoms with Gasteiger partial charge in [-0.2, -0.15) is 0 Å². The summed E-state index contributed by atoms with van der Waals surface area (Å²) in [6, 6.07) is 15.3. The van der Waals surface area contributed by atoms with E-state index in [9.17, 15) is 0 Å². The predicted octanol–water partition coefficient (Wildman–Crippen LogP) is 3.52. The number of fused-ring (bicyclic) bond motifs is 1. The molecule has 0 aromatic heterocycles. The maximum Gasteiger partial charge on any atom is 0.0194 e. The van der Waals surface area contributed by atoms with E-state index in [1.54, 1.807) is 0 Å². The summed E-state index contributed by atoms with van der Waals surface area (Å²) < 4.78 is 0. The summed E-state index contributed by atoms with van der Waals surface area (Å²) in [5.41, 5.74) is 1.77. The molecule has 1 saturated heterocycles. The smallest absolute Gasteiger partial charge is 0.0194 e. The molecule has 1 aliphatic heterocycles. The van der Waals surface area contributed by atoms with Gasteiger partial charge in [-0.15, -0.1) is 0 Å². The Morgan fingerprint density at radius 2 is 1.94 bits per heavy atom. The van der Waals surface area contributed by atoms with Gasteiger partial charge in [0.25, 0.3) is 0 Å². The van der Waals surface area contributed by atoms with Crippen molar-refractivity contribution in [1.29, 1.82) is 0 Å². The molecule has 1 nitrogen and oxygen atoms in total. The highest BCUT2D eigenvalue weighted by atomic mass is 15.0. The number of benzene rings is 2. The average molecular weight is 225 g/mol. The van der Waals surface area contributed by atoms with Gasteiger partial charge in [0.05, 0.1) is 0 Å². The minimum absolute atomic E-state index is 0.296. The molecular weight excluding hydrogens is 206 g/mol. The van der Waals surface area contributed by atoms with Gasteiger partial charge in [-0.3, -0.25) is 0 Å². The third-order valence-electron chi connectivity index (χ3n) is 3.92. The Bertz CT molecular complexity index is 519. The molecule has 1 heterocycles. The van der Waals surface area contributed by atoms with Crippen LogP contribution in [0.5, 0.6) is 0 Å². The Balaban J connectivity index is 2.00. The second-order valence-electron chi connectivity index (χ2n) is 5.41. The van der Waals surface area contributed by atoms with Crippen molar-refractivity contribution in [2.24, 2.45) is 0 Å². The van der Waals surface area contributed by atoms with Crippen LogP contribution in [0, 0.1) is 0 Å². The Labute approximate surface area is 103 Å². The van der Waals surface area contributed by atoms with Crippen LogP contribution in [0.3, 0.4) is 0 Å². The first-order valence-corrected chi connectivity index (χ1v) is 6.49. The van der Waals surface area contributed by atoms with Gasteiger partial charge in [-0.1, -0.05) is 42.5 Å². The van der Waals surface area contributed by atoms with Crippen LogP contribution in [-0.2, 0) is 6.42 Å². The summed E-state index contributed by atoms with van der Waals surface area (Å²) in [4.78, 5) is 0. The lowest BCUT2D eigenvalue weighted by Gasteiger charge is -2.25. The van der Waals surface area contributed by atoms with Crippen molar-refractivity contribution in [2.75, 3.05) is 6.54 Å². The first kappa shape index (κ1) is 10.8. The maximum absolute atomic E-state index is 3.65. The Morgan fingerprint density at radius 3 is 2.76 bits per heavy atom. The van der Waals surface area contributed by atoms with Crippen LogP contribution in [0.1, 0.15) is 25.3 Å². The second-order valence-corrected chi connectivity index (χ2v) is 5.41. The largest absolute Gasteiger partial charge is 0.311 e. The zero-order valence-electron chi connectivity index (χ0n) is 10.4. The molecule has 1 aliphatic rings. The van der Waals surface area contributed by atoms with Crippen LogP contribution in [0.4, 0.5) is 0 Å². The molecule has 1 N–H and O–H groups in total. The Kier molecular flexibility index (Phi) is 2.64. The molecule has 0 spiro atoms. The summed E-state index contributed by atoms with van der Waals surface area (Å²) in [6.07, 6.45) is 3.73. The highest BCUT2D eigenvalue weighted by Crippen LogP contribution is 2.27. The molecule has 2 aromatic carbocycles. The van der Waals surface area contributed by atoms with Crippen LogP contribution in [0.15, 0.2) is 42.5 Å². The van der Waals surface area contributed by atoms with E-state index in [1.807, 2.05) is 0 Å². The van der Waals surface area contributed by atoms with Crippen molar-refractivity contribution in [3.8, 4) is 0 Å². The van der Waals surface area contributed by atoms with Crippen molar-refractivity contribution in [3.05, 3.63) is 48.0 Å². The molecule has 0 saturated carbocycles. The molecule has 3 rings (SSSR count). The van der Waals surface area contributed by atoms with E-state index in [0.29, 0.717) is 5.54 Å². The zero-order valence-corrected chi connectivity index (χ0v) is 10.4. The first-order valence-electron chi connectivity index (χ1n) is 6.49. The van der Waals surface area contributed by atoms with Gasteiger partial charge in [0.2, 0.25) is 0 Å². The maximum atomic E-state index is 3.65. The number of rotatable bonds is 2. The standard InChI is InChI=1S/C16H19N/c1-16(10-5-11-17-16)12-14-8-4-7-13-6-2-3-9-15(13)14/h2-4,6-9,17H,5,10-12H2,1H3/t16-/m0/s1. The molecule has 2 aromatic rings. The van der Waals surface area contributed by atoms with Gasteiger partial charge < -0.3 is 5.32 Å². The fraction of sp³-hybridized carbons (Fsp3) is 0.375. The molecule has 1 fully saturated rings. The van der Waals surface area contributed by atoms with Crippen LogP contribution in [-0.4, -0.2) is 12.1 Å². The van der Waals surface area contributed by atoms with Crippen LogP contribution >= 0.6 is 0 Å². The van der Waals surface area contributed by atoms with Gasteiger partial charge in [-0.25, -0.2) is 0 Å². The number of nitrogens with one attached hydrogen (secondary N) is 1. The predicted molar refractivity (Wildman–Crippen MR) is 73.3 cm³/mol. The quantitative estimate of drug-likeness (QED) is 0.824. The van der Waals surface area contributed by atoms with Crippen molar-refractivity contribution in [1.82, 2.24) is 5.32 Å². The molecule has 0 unspecified atom stereocenters. The van der Waals surface area contributed by atoms with Crippen LogP contribution in [0.2, 0.25) is 0 Å². The molecule has 0 amide bonds. The summed E-state index contributed by atoms with van der Waals surface area (Å²) in [5.74, 6) is 0. The number of hydrogen-bond donors (Lipinski definition) is 1. The Morgan fingerprint density at radius 1 is 1.12 bits per heavy atom. The van der Waals surface area contributed by atoms with E-state index in [0.717, 1.165) is 6.42 Å². The van der Waals surface area contributed by atoms with Crippen molar-refractivity contribution in [2.45, 2.75) is 31.7 Å². The molecule has 1 heteroatoms. The zero-order chi connectivity index (χ0) is 11.7. The second kappa shape index (κ2) is 4.15. The van der Waals surface area contributed by atoms with Gasteiger partial charge in [0.1, 0.15) is 0 Å². The topological polar surface area (TPSA) is 12.0 Å². The third-order valence-corrected chi connectivity index (χ3v) is 3.92. The van der Waals surface area contributed by atoms with Gasteiger partial charge in [-0.05, 0) is 49.1 Å². The molecule has 1 atom stereocenters. The lowest BCUT2D eigenvalue weighted by molar-refractivity contribution is 0.414. The van der Waals surface area contributed by atoms with Crippen molar-refractivity contribution < 1.29 is 0 Å². The average Bonchev–Trinajstić information content (AvgIpc) is 2.76. The number of hydrogen-bond acceptors (Lipinski definition) is 1. The monoisotopic (exact) mass is 225 g/mol. The summed E-state index contributed by atoms with van der Waals surface area (Å²) in [5, 5.41) is 6.41. The van der Waals surface area contributed by atoms with Crippen molar-refractivity contribution in [3.63, 3.8) is 0 Å². The molecular formula is C16H19N. The fourth-order valence-electron chi connectivity index (χ4n) is 2.97. The van der Waals surface area contributed by atoms with E-state index in [4.69, 9.17) is 0 Å². The highest BCUT2D eigenvalue weighted by Gasteiger charge is 2.28.